The first-order valence-corrected chi connectivity index (χ1v) is 7.95. The summed E-state index contributed by atoms with van der Waals surface area (Å²) in [4.78, 5) is 22.9. The Bertz CT molecular complexity index is 263. The maximum Gasteiger partial charge on any atom is 0.306 e. The summed E-state index contributed by atoms with van der Waals surface area (Å²) in [5.41, 5.74) is 0. The van der Waals surface area contributed by atoms with Crippen molar-refractivity contribution in [3.63, 3.8) is 0 Å². The van der Waals surface area contributed by atoms with Gasteiger partial charge in [-0.1, -0.05) is 46.5 Å². The normalized spacial score (nSPS) is 11.9. The number of ether oxygens (including phenoxy) is 2. The first-order valence-electron chi connectivity index (χ1n) is 7.95. The fraction of sp³-hybridized carbons (Fsp3) is 0.875. The molecular weight excluding hydrogens is 256 g/mol. The molecule has 1 atom stereocenters. The summed E-state index contributed by atoms with van der Waals surface area (Å²) in [6.45, 7) is 7.22. The number of unbranched alkanes of at least 4 members (excludes halogenated alkanes) is 2. The van der Waals surface area contributed by atoms with Gasteiger partial charge in [-0.2, -0.15) is 0 Å². The van der Waals surface area contributed by atoms with E-state index in [2.05, 4.69) is 13.8 Å². The van der Waals surface area contributed by atoms with E-state index in [4.69, 9.17) is 9.47 Å². The van der Waals surface area contributed by atoms with Crippen LogP contribution in [0.3, 0.4) is 0 Å². The van der Waals surface area contributed by atoms with Gasteiger partial charge in [-0.25, -0.2) is 0 Å². The molecule has 0 heterocycles. The third-order valence-corrected chi connectivity index (χ3v) is 3.32. The molecule has 0 spiro atoms. The molecule has 0 aliphatic heterocycles. The lowest BCUT2D eigenvalue weighted by molar-refractivity contribution is -0.151. The molecule has 0 fully saturated rings. The predicted octanol–water partition coefficient (Wildman–Crippen LogP) is 3.87. The van der Waals surface area contributed by atoms with Crippen molar-refractivity contribution in [1.82, 2.24) is 0 Å². The molecule has 4 heteroatoms. The van der Waals surface area contributed by atoms with Gasteiger partial charge in [0, 0.05) is 0 Å². The van der Waals surface area contributed by atoms with Crippen LogP contribution in [0.15, 0.2) is 0 Å². The summed E-state index contributed by atoms with van der Waals surface area (Å²) in [5.74, 6) is -0.170. The molecule has 0 aliphatic rings. The zero-order valence-electron chi connectivity index (χ0n) is 13.3. The van der Waals surface area contributed by atoms with Crippen molar-refractivity contribution in [2.45, 2.75) is 72.1 Å². The molecular formula is C16H30O4. The Morgan fingerprint density at radius 2 is 1.50 bits per heavy atom. The average molecular weight is 286 g/mol. The molecule has 1 unspecified atom stereocenters. The number of carbonyl (C=O) groups is 2. The van der Waals surface area contributed by atoms with E-state index in [0.717, 1.165) is 32.1 Å². The van der Waals surface area contributed by atoms with E-state index < -0.39 is 0 Å². The van der Waals surface area contributed by atoms with Gasteiger partial charge in [-0.15, -0.1) is 0 Å². The summed E-state index contributed by atoms with van der Waals surface area (Å²) in [7, 11) is 0. The third-order valence-electron chi connectivity index (χ3n) is 3.32. The van der Waals surface area contributed by atoms with Crippen LogP contribution in [0, 0.1) is 5.92 Å². The van der Waals surface area contributed by atoms with Crippen molar-refractivity contribution < 1.29 is 19.1 Å². The zero-order valence-corrected chi connectivity index (χ0v) is 13.3. The SMILES string of the molecule is CCCCOC(=O)CCC(=O)OCC(CC)CCCC. The number of esters is 2. The molecule has 4 nitrogen and oxygen atoms in total. The van der Waals surface area contributed by atoms with Gasteiger partial charge in [-0.05, 0) is 18.8 Å². The summed E-state index contributed by atoms with van der Waals surface area (Å²) < 4.78 is 10.2. The Morgan fingerprint density at radius 3 is 2.05 bits per heavy atom. The van der Waals surface area contributed by atoms with Crippen LogP contribution in [0.2, 0.25) is 0 Å². The second-order valence-corrected chi connectivity index (χ2v) is 5.17. The van der Waals surface area contributed by atoms with Crippen LogP contribution in [0.1, 0.15) is 72.1 Å². The topological polar surface area (TPSA) is 52.6 Å². The number of rotatable bonds is 12. The Hall–Kier alpha value is -1.06. The van der Waals surface area contributed by atoms with E-state index in [9.17, 15) is 9.59 Å². The van der Waals surface area contributed by atoms with Crippen LogP contribution in [-0.4, -0.2) is 25.2 Å². The second-order valence-electron chi connectivity index (χ2n) is 5.17. The minimum Gasteiger partial charge on any atom is -0.466 e. The van der Waals surface area contributed by atoms with Crippen molar-refractivity contribution in [2.75, 3.05) is 13.2 Å². The lowest BCUT2D eigenvalue weighted by Gasteiger charge is -2.14. The largest absolute Gasteiger partial charge is 0.466 e. The van der Waals surface area contributed by atoms with Crippen LogP contribution in [0.25, 0.3) is 0 Å². The van der Waals surface area contributed by atoms with Crippen molar-refractivity contribution in [1.29, 1.82) is 0 Å². The van der Waals surface area contributed by atoms with E-state index in [0.29, 0.717) is 19.1 Å². The molecule has 0 aromatic rings. The molecule has 0 saturated heterocycles. The molecule has 0 rings (SSSR count). The van der Waals surface area contributed by atoms with Crippen LogP contribution in [-0.2, 0) is 19.1 Å². The Balaban J connectivity index is 3.68. The molecule has 118 valence electrons. The summed E-state index contributed by atoms with van der Waals surface area (Å²) >= 11 is 0. The van der Waals surface area contributed by atoms with Crippen molar-refractivity contribution >= 4 is 11.9 Å². The first-order chi connectivity index (χ1) is 9.63. The minimum absolute atomic E-state index is 0.119. The highest BCUT2D eigenvalue weighted by Crippen LogP contribution is 2.13. The number of hydrogen-bond acceptors (Lipinski definition) is 4. The molecule has 0 N–H and O–H groups in total. The van der Waals surface area contributed by atoms with Gasteiger partial charge >= 0.3 is 11.9 Å². The van der Waals surface area contributed by atoms with E-state index in [-0.39, 0.29) is 24.8 Å². The first kappa shape index (κ1) is 18.9. The van der Waals surface area contributed by atoms with Crippen molar-refractivity contribution in [2.24, 2.45) is 5.92 Å². The standard InChI is InChI=1S/C16H30O4/c1-4-7-9-14(6-3)13-20-16(18)11-10-15(17)19-12-8-5-2/h14H,4-13H2,1-3H3. The third kappa shape index (κ3) is 10.8. The van der Waals surface area contributed by atoms with Crippen molar-refractivity contribution in [3.8, 4) is 0 Å². The lowest BCUT2D eigenvalue weighted by atomic mass is 10.0. The van der Waals surface area contributed by atoms with E-state index in [1.54, 1.807) is 0 Å². The van der Waals surface area contributed by atoms with Gasteiger partial charge in [0.2, 0.25) is 0 Å². The molecule has 20 heavy (non-hydrogen) atoms. The highest BCUT2D eigenvalue weighted by atomic mass is 16.5. The Labute approximate surface area is 123 Å². The zero-order chi connectivity index (χ0) is 15.2. The van der Waals surface area contributed by atoms with Crippen molar-refractivity contribution in [3.05, 3.63) is 0 Å². The van der Waals surface area contributed by atoms with Crippen LogP contribution >= 0.6 is 0 Å². The molecule has 0 aromatic heterocycles. The van der Waals surface area contributed by atoms with Gasteiger partial charge in [0.05, 0.1) is 26.1 Å². The fourth-order valence-electron chi connectivity index (χ4n) is 1.79. The van der Waals surface area contributed by atoms with E-state index >= 15 is 0 Å². The quantitative estimate of drug-likeness (QED) is 0.404. The number of carbonyl (C=O) groups excluding carboxylic acids is 2. The fourth-order valence-corrected chi connectivity index (χ4v) is 1.79. The van der Waals surface area contributed by atoms with Gasteiger partial charge in [-0.3, -0.25) is 9.59 Å². The highest BCUT2D eigenvalue weighted by Gasteiger charge is 2.12. The smallest absolute Gasteiger partial charge is 0.306 e. The molecule has 0 bridgehead atoms. The maximum absolute atomic E-state index is 11.5. The van der Waals surface area contributed by atoms with Crippen LogP contribution in [0.5, 0.6) is 0 Å². The van der Waals surface area contributed by atoms with Gasteiger partial charge in [0.1, 0.15) is 0 Å². The molecule has 0 aliphatic carbocycles. The molecule has 0 radical (unpaired) electrons. The van der Waals surface area contributed by atoms with Gasteiger partial charge in [0.15, 0.2) is 0 Å². The van der Waals surface area contributed by atoms with Crippen LogP contribution < -0.4 is 0 Å². The summed E-state index contributed by atoms with van der Waals surface area (Å²) in [5, 5.41) is 0. The summed E-state index contributed by atoms with van der Waals surface area (Å²) in [6, 6.07) is 0. The average Bonchev–Trinajstić information content (AvgIpc) is 2.45. The Morgan fingerprint density at radius 1 is 0.900 bits per heavy atom. The monoisotopic (exact) mass is 286 g/mol. The van der Waals surface area contributed by atoms with E-state index in [1.807, 2.05) is 6.92 Å². The van der Waals surface area contributed by atoms with E-state index in [1.165, 1.54) is 6.42 Å². The van der Waals surface area contributed by atoms with Gasteiger partial charge in [0.25, 0.3) is 0 Å². The van der Waals surface area contributed by atoms with Gasteiger partial charge < -0.3 is 9.47 Å². The predicted molar refractivity (Wildman–Crippen MR) is 79.4 cm³/mol. The summed E-state index contributed by atoms with van der Waals surface area (Å²) in [6.07, 6.45) is 6.54. The Kier molecular flexibility index (Phi) is 12.3. The molecule has 0 amide bonds. The number of hydrogen-bond donors (Lipinski definition) is 0. The molecule has 0 aromatic carbocycles. The highest BCUT2D eigenvalue weighted by molar-refractivity contribution is 5.77. The molecule has 0 saturated carbocycles. The maximum atomic E-state index is 11.5. The minimum atomic E-state index is -0.312. The van der Waals surface area contributed by atoms with Crippen LogP contribution in [0.4, 0.5) is 0 Å². The second kappa shape index (κ2) is 12.9. The lowest BCUT2D eigenvalue weighted by Crippen LogP contribution is -2.15.